The van der Waals surface area contributed by atoms with Gasteiger partial charge >= 0.3 is 5.97 Å². The maximum Gasteiger partial charge on any atom is 0.356 e. The van der Waals surface area contributed by atoms with Crippen LogP contribution in [-0.2, 0) is 9.47 Å². The van der Waals surface area contributed by atoms with Crippen LogP contribution in [-0.4, -0.2) is 36.0 Å². The zero-order valence-corrected chi connectivity index (χ0v) is 9.36. The van der Waals surface area contributed by atoms with Gasteiger partial charge in [0.05, 0.1) is 6.61 Å². The quantitative estimate of drug-likeness (QED) is 0.535. The molecule has 1 heterocycles. The highest BCUT2D eigenvalue weighted by Gasteiger charge is 2.09. The number of hydrogen-bond acceptors (Lipinski definition) is 5. The van der Waals surface area contributed by atoms with Crippen molar-refractivity contribution in [3.8, 4) is 0 Å². The molecule has 1 aromatic rings. The van der Waals surface area contributed by atoms with E-state index >= 15 is 0 Å². The van der Waals surface area contributed by atoms with Gasteiger partial charge in [0.15, 0.2) is 0 Å². The molecule has 6 heteroatoms. The molecule has 0 saturated heterocycles. The minimum Gasteiger partial charge on any atom is -0.459 e. The molecule has 0 bridgehead atoms. The number of nitrogens with two attached hydrogens (primary N) is 1. The van der Waals surface area contributed by atoms with Crippen LogP contribution < -0.4 is 5.73 Å². The Morgan fingerprint density at radius 2 is 2.31 bits per heavy atom. The Bertz CT molecular complexity index is 325. The third-order valence-corrected chi connectivity index (χ3v) is 1.92. The monoisotopic (exact) mass is 227 g/mol. The van der Waals surface area contributed by atoms with Gasteiger partial charge in [-0.05, 0) is 6.42 Å². The zero-order valence-electron chi connectivity index (χ0n) is 9.36. The predicted molar refractivity (Wildman–Crippen MR) is 59.0 cm³/mol. The number of rotatable bonds is 7. The van der Waals surface area contributed by atoms with E-state index in [2.05, 4.69) is 17.1 Å². The van der Waals surface area contributed by atoms with E-state index in [0.717, 1.165) is 12.8 Å². The van der Waals surface area contributed by atoms with Gasteiger partial charge in [0.25, 0.3) is 0 Å². The van der Waals surface area contributed by atoms with Crippen LogP contribution in [0.25, 0.3) is 0 Å². The van der Waals surface area contributed by atoms with E-state index in [1.807, 2.05) is 0 Å². The van der Waals surface area contributed by atoms with Gasteiger partial charge in [-0.2, -0.15) is 5.10 Å². The smallest absolute Gasteiger partial charge is 0.356 e. The highest BCUT2D eigenvalue weighted by atomic mass is 16.6. The van der Waals surface area contributed by atoms with Gasteiger partial charge in [0.1, 0.15) is 18.1 Å². The number of unbranched alkanes of at least 4 members (excludes halogenated alkanes) is 1. The molecule has 0 aliphatic heterocycles. The average Bonchev–Trinajstić information content (AvgIpc) is 2.70. The molecule has 0 saturated carbocycles. The van der Waals surface area contributed by atoms with Gasteiger partial charge in [0.2, 0.25) is 0 Å². The molecular weight excluding hydrogens is 210 g/mol. The van der Waals surface area contributed by atoms with Crippen molar-refractivity contribution in [2.45, 2.75) is 19.8 Å². The highest BCUT2D eigenvalue weighted by molar-refractivity contribution is 5.87. The number of H-pyrrole nitrogens is 1. The molecule has 0 unspecified atom stereocenters. The lowest BCUT2D eigenvalue weighted by atomic mass is 10.4. The summed E-state index contributed by atoms with van der Waals surface area (Å²) in [7, 11) is 0. The predicted octanol–water partition coefficient (Wildman–Crippen LogP) is 0.965. The summed E-state index contributed by atoms with van der Waals surface area (Å²) in [5, 5.41) is 6.10. The normalized spacial score (nSPS) is 10.3. The molecule has 90 valence electrons. The third kappa shape index (κ3) is 4.31. The first kappa shape index (κ1) is 12.5. The van der Waals surface area contributed by atoms with Crippen molar-refractivity contribution in [1.82, 2.24) is 10.2 Å². The fourth-order valence-corrected chi connectivity index (χ4v) is 1.06. The Balaban J connectivity index is 2.11. The number of nitrogen functional groups attached to an aromatic ring is 1. The van der Waals surface area contributed by atoms with Crippen molar-refractivity contribution in [3.05, 3.63) is 11.8 Å². The summed E-state index contributed by atoms with van der Waals surface area (Å²) in [4.78, 5) is 11.3. The van der Waals surface area contributed by atoms with E-state index in [0.29, 0.717) is 13.2 Å². The van der Waals surface area contributed by atoms with Crippen molar-refractivity contribution in [2.24, 2.45) is 0 Å². The molecule has 0 aromatic carbocycles. The van der Waals surface area contributed by atoms with E-state index in [-0.39, 0.29) is 18.1 Å². The van der Waals surface area contributed by atoms with Crippen LogP contribution in [0.15, 0.2) is 6.07 Å². The summed E-state index contributed by atoms with van der Waals surface area (Å²) in [5.41, 5.74) is 5.61. The Hall–Kier alpha value is -1.56. The molecule has 0 fully saturated rings. The molecule has 16 heavy (non-hydrogen) atoms. The van der Waals surface area contributed by atoms with Crippen LogP contribution in [0, 0.1) is 0 Å². The standard InChI is InChI=1S/C10H17N3O3/c1-2-3-4-15-5-6-16-10(14)8-7-9(11)13-12-8/h7H,2-6H2,1H3,(H3,11,12,13). The lowest BCUT2D eigenvalue weighted by Crippen LogP contribution is -2.11. The van der Waals surface area contributed by atoms with Crippen LogP contribution in [0.3, 0.4) is 0 Å². The minimum absolute atomic E-state index is 0.238. The maximum atomic E-state index is 11.3. The molecule has 0 aliphatic carbocycles. The van der Waals surface area contributed by atoms with E-state index in [1.165, 1.54) is 6.07 Å². The Labute approximate surface area is 94.1 Å². The molecular formula is C10H17N3O3. The lowest BCUT2D eigenvalue weighted by molar-refractivity contribution is 0.0308. The minimum atomic E-state index is -0.469. The number of nitrogens with zero attached hydrogens (tertiary/aromatic N) is 1. The largest absolute Gasteiger partial charge is 0.459 e. The zero-order chi connectivity index (χ0) is 11.8. The molecule has 0 radical (unpaired) electrons. The fraction of sp³-hybridized carbons (Fsp3) is 0.600. The van der Waals surface area contributed by atoms with Crippen LogP contribution in [0.1, 0.15) is 30.3 Å². The van der Waals surface area contributed by atoms with Crippen molar-refractivity contribution in [1.29, 1.82) is 0 Å². The van der Waals surface area contributed by atoms with Crippen molar-refractivity contribution < 1.29 is 14.3 Å². The molecule has 6 nitrogen and oxygen atoms in total. The second-order valence-corrected chi connectivity index (χ2v) is 3.31. The summed E-state index contributed by atoms with van der Waals surface area (Å²) in [6, 6.07) is 1.43. The van der Waals surface area contributed by atoms with Crippen LogP contribution in [0.2, 0.25) is 0 Å². The Kier molecular flexibility index (Phi) is 5.35. The summed E-state index contributed by atoms with van der Waals surface area (Å²) in [5.74, 6) is -0.200. The van der Waals surface area contributed by atoms with Gasteiger partial charge in [-0.15, -0.1) is 0 Å². The summed E-state index contributed by atoms with van der Waals surface area (Å²) in [6.07, 6.45) is 2.11. The molecule has 0 amide bonds. The molecule has 0 spiro atoms. The number of esters is 1. The maximum absolute atomic E-state index is 11.3. The molecule has 1 aromatic heterocycles. The third-order valence-electron chi connectivity index (χ3n) is 1.92. The first-order chi connectivity index (χ1) is 7.74. The second kappa shape index (κ2) is 6.84. The van der Waals surface area contributed by atoms with Crippen LogP contribution in [0.4, 0.5) is 5.82 Å². The molecule has 1 rings (SSSR count). The average molecular weight is 227 g/mol. The van der Waals surface area contributed by atoms with Crippen LogP contribution in [0.5, 0.6) is 0 Å². The number of aromatic nitrogens is 2. The number of aromatic amines is 1. The Morgan fingerprint density at radius 1 is 1.50 bits per heavy atom. The molecule has 0 atom stereocenters. The summed E-state index contributed by atoms with van der Waals surface area (Å²) in [6.45, 7) is 3.44. The van der Waals surface area contributed by atoms with E-state index in [9.17, 15) is 4.79 Å². The van der Waals surface area contributed by atoms with Crippen molar-refractivity contribution >= 4 is 11.8 Å². The van der Waals surface area contributed by atoms with E-state index < -0.39 is 5.97 Å². The van der Waals surface area contributed by atoms with Gasteiger partial charge in [-0.3, -0.25) is 5.10 Å². The van der Waals surface area contributed by atoms with Gasteiger partial charge in [-0.1, -0.05) is 13.3 Å². The SMILES string of the molecule is CCCCOCCOC(=O)c1cc(N)n[nH]1. The molecule has 3 N–H and O–H groups in total. The number of hydrogen-bond donors (Lipinski definition) is 2. The van der Waals surface area contributed by atoms with E-state index in [4.69, 9.17) is 15.2 Å². The lowest BCUT2D eigenvalue weighted by Gasteiger charge is -2.04. The number of anilines is 1. The van der Waals surface area contributed by atoms with E-state index in [1.54, 1.807) is 0 Å². The molecule has 0 aliphatic rings. The Morgan fingerprint density at radius 3 is 2.94 bits per heavy atom. The van der Waals surface area contributed by atoms with Gasteiger partial charge < -0.3 is 15.2 Å². The topological polar surface area (TPSA) is 90.2 Å². The number of nitrogens with one attached hydrogen (secondary N) is 1. The number of carbonyl (C=O) groups excluding carboxylic acids is 1. The second-order valence-electron chi connectivity index (χ2n) is 3.31. The first-order valence-electron chi connectivity index (χ1n) is 5.29. The van der Waals surface area contributed by atoms with Gasteiger partial charge in [0, 0.05) is 12.7 Å². The van der Waals surface area contributed by atoms with Gasteiger partial charge in [-0.25, -0.2) is 4.79 Å². The van der Waals surface area contributed by atoms with Crippen molar-refractivity contribution in [2.75, 3.05) is 25.6 Å². The van der Waals surface area contributed by atoms with Crippen molar-refractivity contribution in [3.63, 3.8) is 0 Å². The number of carbonyl (C=O) groups is 1. The summed E-state index contributed by atoms with van der Waals surface area (Å²) >= 11 is 0. The fourth-order valence-electron chi connectivity index (χ4n) is 1.06. The highest BCUT2D eigenvalue weighted by Crippen LogP contribution is 2.02. The summed E-state index contributed by atoms with van der Waals surface area (Å²) < 4.78 is 10.2. The first-order valence-corrected chi connectivity index (χ1v) is 5.29. The van der Waals surface area contributed by atoms with Crippen LogP contribution >= 0.6 is 0 Å². The number of ether oxygens (including phenoxy) is 2.